The molecule has 316 valence electrons. The first-order chi connectivity index (χ1) is 29.4. The molecule has 7 rings (SSSR count). The molecule has 60 heavy (non-hydrogen) atoms. The van der Waals surface area contributed by atoms with E-state index < -0.39 is 67.2 Å². The summed E-state index contributed by atoms with van der Waals surface area (Å²) in [6.45, 7) is 6.81. The summed E-state index contributed by atoms with van der Waals surface area (Å²) >= 11 is 0. The number of hydrogen-bond donors (Lipinski definition) is 0. The fraction of sp³-hybridized carbons (Fsp3) is 0.380. The highest BCUT2D eigenvalue weighted by atomic mass is 16.7. The second-order valence-corrected chi connectivity index (χ2v) is 15.3. The number of rotatable bonds is 19. The van der Waals surface area contributed by atoms with Crippen LogP contribution in [0.15, 0.2) is 152 Å². The van der Waals surface area contributed by atoms with Crippen LogP contribution in [-0.2, 0) is 80.5 Å². The highest BCUT2D eigenvalue weighted by Crippen LogP contribution is 2.36. The molecule has 10 atom stereocenters. The van der Waals surface area contributed by atoms with Gasteiger partial charge >= 0.3 is 5.97 Å². The first-order valence-electron chi connectivity index (χ1n) is 20.8. The zero-order valence-electron chi connectivity index (χ0n) is 34.5. The lowest BCUT2D eigenvalue weighted by Gasteiger charge is -2.49. The van der Waals surface area contributed by atoms with Gasteiger partial charge in [-0.3, -0.25) is 4.79 Å². The molecule has 0 amide bonds. The first kappa shape index (κ1) is 43.3. The Bertz CT molecular complexity index is 1970. The minimum Gasteiger partial charge on any atom is -0.457 e. The van der Waals surface area contributed by atoms with Crippen LogP contribution < -0.4 is 0 Å². The third-order valence-corrected chi connectivity index (χ3v) is 10.7. The van der Waals surface area contributed by atoms with Crippen molar-refractivity contribution < 1.29 is 47.4 Å². The monoisotopic (exact) mass is 816 g/mol. The maximum absolute atomic E-state index is 12.7. The lowest BCUT2D eigenvalue weighted by molar-refractivity contribution is -0.359. The van der Waals surface area contributed by atoms with Crippen LogP contribution in [0.4, 0.5) is 0 Å². The summed E-state index contributed by atoms with van der Waals surface area (Å²) < 4.78 is 60.2. The molecule has 2 aliphatic heterocycles. The summed E-state index contributed by atoms with van der Waals surface area (Å²) in [5.74, 6) is -0.465. The van der Waals surface area contributed by atoms with E-state index in [-0.39, 0.29) is 26.4 Å². The average molecular weight is 817 g/mol. The summed E-state index contributed by atoms with van der Waals surface area (Å²) in [6.07, 6.45) is -7.20. The molecule has 2 fully saturated rings. The van der Waals surface area contributed by atoms with Gasteiger partial charge in [0.1, 0.15) is 36.6 Å². The SMILES string of the molecule is CC(=O)OC1[C@H](C)OC(C)[C@H](OCc2ccccc2)[C@H]1OC1O[C@H](COCc2ccccc2)[C@@H](OCc2ccccc2)C(OCc2ccccc2)C1OCc1ccccc1. The van der Waals surface area contributed by atoms with Crippen LogP contribution >= 0.6 is 0 Å². The molecule has 10 nitrogen and oxygen atoms in total. The molecule has 10 heteroatoms. The molecule has 0 radical (unpaired) electrons. The normalized spacial score (nSPS) is 26.6. The van der Waals surface area contributed by atoms with Crippen molar-refractivity contribution in [1.82, 2.24) is 0 Å². The van der Waals surface area contributed by atoms with E-state index in [1.807, 2.05) is 166 Å². The summed E-state index contributed by atoms with van der Waals surface area (Å²) in [4.78, 5) is 12.7. The van der Waals surface area contributed by atoms with Gasteiger partial charge in [-0.1, -0.05) is 152 Å². The second kappa shape index (κ2) is 22.2. The Labute approximate surface area is 353 Å². The standard InChI is InChI=1S/C50H56O10/c1-35-44(53-30-39-21-11-5-12-22-39)48(45(36(2)57-35)58-37(3)51)60-50-49(56-33-42-27-17-8-18-28-42)47(55-32-41-25-15-7-16-26-41)46(54-31-40-23-13-6-14-24-40)43(59-50)34-52-29-38-19-9-4-10-20-38/h4-28,35-36,43-50H,29-34H2,1-3H3/t35?,36-,43+,44-,45?,46+,47?,48+,49?,50?/m0/s1. The van der Waals surface area contributed by atoms with E-state index in [0.29, 0.717) is 13.2 Å². The van der Waals surface area contributed by atoms with Crippen LogP contribution in [0.25, 0.3) is 0 Å². The number of ether oxygens (including phenoxy) is 9. The molecule has 0 bridgehead atoms. The van der Waals surface area contributed by atoms with E-state index in [2.05, 4.69) is 0 Å². The van der Waals surface area contributed by atoms with Crippen molar-refractivity contribution in [2.45, 2.75) is 115 Å². The molecule has 5 aromatic carbocycles. The van der Waals surface area contributed by atoms with Gasteiger partial charge in [-0.2, -0.15) is 0 Å². The lowest BCUT2D eigenvalue weighted by Crippen LogP contribution is -2.65. The number of benzene rings is 5. The van der Waals surface area contributed by atoms with Crippen molar-refractivity contribution in [2.24, 2.45) is 0 Å². The Balaban J connectivity index is 1.26. The van der Waals surface area contributed by atoms with Gasteiger partial charge in [0, 0.05) is 6.92 Å². The fourth-order valence-corrected chi connectivity index (χ4v) is 7.73. The Kier molecular flexibility index (Phi) is 16.0. The number of carbonyl (C=O) groups excluding carboxylic acids is 1. The van der Waals surface area contributed by atoms with Crippen molar-refractivity contribution in [3.8, 4) is 0 Å². The van der Waals surface area contributed by atoms with Gasteiger partial charge in [0.2, 0.25) is 0 Å². The maximum atomic E-state index is 12.7. The van der Waals surface area contributed by atoms with E-state index in [1.54, 1.807) is 0 Å². The molecule has 0 aliphatic carbocycles. The molecule has 0 N–H and O–H groups in total. The topological polar surface area (TPSA) is 100 Å². The molecule has 5 unspecified atom stereocenters. The van der Waals surface area contributed by atoms with Gasteiger partial charge < -0.3 is 42.6 Å². The smallest absolute Gasteiger partial charge is 0.303 e. The summed E-state index contributed by atoms with van der Waals surface area (Å²) in [5, 5.41) is 0. The van der Waals surface area contributed by atoms with Crippen LogP contribution in [0.2, 0.25) is 0 Å². The van der Waals surface area contributed by atoms with Crippen molar-refractivity contribution in [3.63, 3.8) is 0 Å². The van der Waals surface area contributed by atoms with Crippen molar-refractivity contribution in [1.29, 1.82) is 0 Å². The molecule has 2 heterocycles. The molecule has 2 aliphatic rings. The van der Waals surface area contributed by atoms with Crippen molar-refractivity contribution in [3.05, 3.63) is 179 Å². The summed E-state index contributed by atoms with van der Waals surface area (Å²) in [6, 6.07) is 49.8. The molecule has 5 aromatic rings. The Hall–Kier alpha value is -4.75. The largest absolute Gasteiger partial charge is 0.457 e. The van der Waals surface area contributed by atoms with Crippen LogP contribution in [0.1, 0.15) is 48.6 Å². The second-order valence-electron chi connectivity index (χ2n) is 15.3. The quantitative estimate of drug-likeness (QED) is 0.0756. The summed E-state index contributed by atoms with van der Waals surface area (Å²) in [5.41, 5.74) is 4.95. The molecule has 0 saturated carbocycles. The highest BCUT2D eigenvalue weighted by molar-refractivity contribution is 5.66. The van der Waals surface area contributed by atoms with Gasteiger partial charge in [-0.05, 0) is 41.7 Å². The van der Waals surface area contributed by atoms with Crippen LogP contribution in [0, 0.1) is 0 Å². The molecular formula is C50H56O10. The number of carbonyl (C=O) groups is 1. The maximum Gasteiger partial charge on any atom is 0.303 e. The van der Waals surface area contributed by atoms with Gasteiger partial charge in [0.15, 0.2) is 12.4 Å². The predicted octanol–water partition coefficient (Wildman–Crippen LogP) is 8.39. The van der Waals surface area contributed by atoms with Crippen LogP contribution in [0.5, 0.6) is 0 Å². The Morgan fingerprint density at radius 1 is 0.450 bits per heavy atom. The Morgan fingerprint density at radius 3 is 1.28 bits per heavy atom. The van der Waals surface area contributed by atoms with Crippen LogP contribution in [0.3, 0.4) is 0 Å². The zero-order valence-corrected chi connectivity index (χ0v) is 34.5. The minimum absolute atomic E-state index is 0.159. The molecule has 2 saturated heterocycles. The zero-order chi connectivity index (χ0) is 41.5. The van der Waals surface area contributed by atoms with Gasteiger partial charge in [-0.15, -0.1) is 0 Å². The third-order valence-electron chi connectivity index (χ3n) is 10.7. The lowest BCUT2D eigenvalue weighted by atomic mass is 9.94. The fourth-order valence-electron chi connectivity index (χ4n) is 7.73. The number of hydrogen-bond acceptors (Lipinski definition) is 10. The molecule has 0 aromatic heterocycles. The average Bonchev–Trinajstić information content (AvgIpc) is 3.27. The van der Waals surface area contributed by atoms with Gasteiger partial charge in [-0.25, -0.2) is 0 Å². The predicted molar refractivity (Wildman–Crippen MR) is 225 cm³/mol. The highest BCUT2D eigenvalue weighted by Gasteiger charge is 2.53. The molecular weight excluding hydrogens is 761 g/mol. The third kappa shape index (κ3) is 12.2. The van der Waals surface area contributed by atoms with E-state index >= 15 is 0 Å². The minimum atomic E-state index is -1.06. The Morgan fingerprint density at radius 2 is 0.833 bits per heavy atom. The van der Waals surface area contributed by atoms with Gasteiger partial charge in [0.05, 0.1) is 51.8 Å². The molecule has 0 spiro atoms. The number of esters is 1. The van der Waals surface area contributed by atoms with Crippen molar-refractivity contribution in [2.75, 3.05) is 6.61 Å². The van der Waals surface area contributed by atoms with E-state index in [0.717, 1.165) is 27.8 Å². The van der Waals surface area contributed by atoms with Crippen molar-refractivity contribution >= 4 is 5.97 Å². The summed E-state index contributed by atoms with van der Waals surface area (Å²) in [7, 11) is 0. The van der Waals surface area contributed by atoms with E-state index in [9.17, 15) is 4.79 Å². The van der Waals surface area contributed by atoms with E-state index in [4.69, 9.17) is 42.6 Å². The van der Waals surface area contributed by atoms with Crippen LogP contribution in [-0.4, -0.2) is 73.8 Å². The van der Waals surface area contributed by atoms with E-state index in [1.165, 1.54) is 6.92 Å². The first-order valence-corrected chi connectivity index (χ1v) is 20.8. The van der Waals surface area contributed by atoms with Gasteiger partial charge in [0.25, 0.3) is 0 Å².